The molecular formula is C88H112N16O8. The van der Waals surface area contributed by atoms with Crippen molar-refractivity contribution >= 4 is 68.0 Å². The first kappa shape index (κ1) is 79.6. The molecule has 0 spiro atoms. The van der Waals surface area contributed by atoms with Gasteiger partial charge in [0.05, 0.1) is 97.1 Å². The largest absolute Gasteiger partial charge is 0.462 e. The van der Waals surface area contributed by atoms with E-state index in [-0.39, 0.29) is 30.0 Å². The van der Waals surface area contributed by atoms with Gasteiger partial charge in [-0.15, -0.1) is 0 Å². The van der Waals surface area contributed by atoms with Gasteiger partial charge < -0.3 is 38.9 Å². The Bertz CT molecular complexity index is 5080. The fourth-order valence-electron chi connectivity index (χ4n) is 17.9. The van der Waals surface area contributed by atoms with E-state index in [4.69, 9.17) is 34.2 Å². The number of unbranched alkanes of at least 4 members (excludes halogenated alkanes) is 1. The van der Waals surface area contributed by atoms with Crippen LogP contribution in [0.2, 0.25) is 0 Å². The topological polar surface area (TPSA) is 291 Å². The number of fused-ring (bicyclic) bond motifs is 4. The number of H-pyrrole nitrogens is 4. The normalized spacial score (nSPS) is 16.0. The number of nitrogens with zero attached hydrogens (tertiary/aromatic N) is 12. The standard InChI is InChI=1S/C23H30N4O2.2C22H28N4O2.C21H26N4O2/c1-3-5-12-29-23(28)19-14-25-22-18(10-11-24-22)21(19)17-13-26-27(15-17)20(4-2)16-8-6-7-9-16;1-4-19(15-7-5-6-8-15)26-13-16(11-25-26)20-17-9-10-23-21(17)24-12-18(20)22(27)28-14(2)3;1-3-11-28-22(27)18-13-24-21-17(9-10-23-21)20(18)16-12-25-26(14-16)19(4-2)15-7-5-6-8-15;1-3-18(14-7-5-6-8-14)25-13-15(11-24-25)19-16-9-10-22-20(16)23-12-17(19)21(26)27-4-2/h10-11,13-16,20H,3-9,12H2,1-2H3,(H,24,25);9-15,19H,4-8H2,1-3H3,(H,23,24);9-10,12-15,19H,3-8,11H2,1-2H3,(H,23,24);9-14,18H,3-8H2,1-2H3,(H,22,23). The van der Waals surface area contributed by atoms with E-state index in [0.717, 1.165) is 134 Å². The number of aromatic nitrogens is 16. The lowest BCUT2D eigenvalue weighted by Crippen LogP contribution is -2.17. The Morgan fingerprint density at radius 3 is 0.911 bits per heavy atom. The highest BCUT2D eigenvalue weighted by Gasteiger charge is 2.33. The van der Waals surface area contributed by atoms with Gasteiger partial charge in [0.2, 0.25) is 0 Å². The van der Waals surface area contributed by atoms with Gasteiger partial charge in [0.15, 0.2) is 0 Å². The Morgan fingerprint density at radius 1 is 0.375 bits per heavy atom. The molecule has 0 aromatic carbocycles. The molecule has 0 amide bonds. The third-order valence-electron chi connectivity index (χ3n) is 23.4. The summed E-state index contributed by atoms with van der Waals surface area (Å²) in [7, 11) is 0. The van der Waals surface area contributed by atoms with Crippen molar-refractivity contribution in [2.75, 3.05) is 19.8 Å². The van der Waals surface area contributed by atoms with E-state index in [9.17, 15) is 19.2 Å². The van der Waals surface area contributed by atoms with Gasteiger partial charge in [0.25, 0.3) is 0 Å². The lowest BCUT2D eigenvalue weighted by Gasteiger charge is -2.22. The molecule has 4 aliphatic carbocycles. The second-order valence-electron chi connectivity index (χ2n) is 30.9. The Morgan fingerprint density at radius 2 is 0.652 bits per heavy atom. The molecule has 4 N–H and O–H groups in total. The van der Waals surface area contributed by atoms with Crippen LogP contribution in [0.1, 0.15) is 276 Å². The third-order valence-corrected chi connectivity index (χ3v) is 23.4. The summed E-state index contributed by atoms with van der Waals surface area (Å²) >= 11 is 0. The van der Waals surface area contributed by atoms with Crippen molar-refractivity contribution < 1.29 is 38.1 Å². The highest BCUT2D eigenvalue weighted by Crippen LogP contribution is 2.43. The summed E-state index contributed by atoms with van der Waals surface area (Å²) in [5.74, 6) is 1.41. The van der Waals surface area contributed by atoms with Gasteiger partial charge in [-0.2, -0.15) is 20.4 Å². The Kier molecular flexibility index (Phi) is 26.8. The number of hydrogen-bond donors (Lipinski definition) is 4. The summed E-state index contributed by atoms with van der Waals surface area (Å²) in [5, 5.41) is 22.4. The summed E-state index contributed by atoms with van der Waals surface area (Å²) < 4.78 is 30.0. The average molecular weight is 1520 g/mol. The van der Waals surface area contributed by atoms with Crippen molar-refractivity contribution in [1.82, 2.24) is 79.0 Å². The lowest BCUT2D eigenvalue weighted by molar-refractivity contribution is 0.0376. The van der Waals surface area contributed by atoms with Crippen LogP contribution in [0.4, 0.5) is 0 Å². The van der Waals surface area contributed by atoms with Crippen molar-refractivity contribution in [2.24, 2.45) is 23.7 Å². The molecule has 0 saturated heterocycles. The average Bonchev–Trinajstić information content (AvgIpc) is 1.62. The maximum atomic E-state index is 12.8. The highest BCUT2D eigenvalue weighted by molar-refractivity contribution is 6.09. The number of hydrogen-bond acceptors (Lipinski definition) is 16. The predicted molar refractivity (Wildman–Crippen MR) is 437 cm³/mol. The quantitative estimate of drug-likeness (QED) is 0.0211. The first-order valence-corrected chi connectivity index (χ1v) is 41.5. The molecule has 4 atom stereocenters. The van der Waals surface area contributed by atoms with Gasteiger partial charge in [-0.3, -0.25) is 18.7 Å². The van der Waals surface area contributed by atoms with Crippen molar-refractivity contribution in [2.45, 2.75) is 240 Å². The van der Waals surface area contributed by atoms with Crippen LogP contribution in [0.15, 0.2) is 123 Å². The van der Waals surface area contributed by atoms with Crippen LogP contribution in [-0.4, -0.2) is 129 Å². The molecule has 4 saturated carbocycles. The van der Waals surface area contributed by atoms with Crippen molar-refractivity contribution in [3.05, 3.63) is 146 Å². The zero-order valence-corrected chi connectivity index (χ0v) is 66.8. The van der Waals surface area contributed by atoms with Crippen LogP contribution in [0.3, 0.4) is 0 Å². The van der Waals surface area contributed by atoms with Gasteiger partial charge in [0, 0.05) is 140 Å². The zero-order valence-electron chi connectivity index (χ0n) is 66.8. The minimum absolute atomic E-state index is 0.183. The minimum atomic E-state index is -0.351. The lowest BCUT2D eigenvalue weighted by atomic mass is 9.96. The van der Waals surface area contributed by atoms with Crippen LogP contribution >= 0.6 is 0 Å². The summed E-state index contributed by atoms with van der Waals surface area (Å²) in [4.78, 5) is 80.8. The molecule has 592 valence electrons. The van der Waals surface area contributed by atoms with Gasteiger partial charge in [0.1, 0.15) is 22.6 Å². The molecule has 12 heterocycles. The predicted octanol–water partition coefficient (Wildman–Crippen LogP) is 20.5. The number of carbonyl (C=O) groups is 4. The number of nitrogens with one attached hydrogen (secondary N) is 4. The summed E-state index contributed by atoms with van der Waals surface area (Å²) in [6.07, 6.45) is 57.1. The minimum Gasteiger partial charge on any atom is -0.462 e. The first-order valence-electron chi connectivity index (χ1n) is 41.5. The molecule has 4 unspecified atom stereocenters. The summed E-state index contributed by atoms with van der Waals surface area (Å²) in [5.41, 5.74) is 12.1. The SMILES string of the molecule is CCC(C1CCCC1)n1cc(-c2c(C(=O)OC(C)C)cnc3[nH]ccc23)cn1.CCCCOC(=O)c1cnc2[nH]ccc2c1-c1cnn(C(CC)C2CCCC2)c1.CCCOC(=O)c1cnc2[nH]ccc2c1-c1cnn(C(CC)C2CCCC2)c1.CCOC(=O)c1cnc2[nH]ccc2c1-c1cnn(C(CC)C2CCCC2)c1. The number of esters is 4. The number of ether oxygens (including phenoxy) is 4. The maximum Gasteiger partial charge on any atom is 0.340 e. The van der Waals surface area contributed by atoms with Crippen LogP contribution in [0.25, 0.3) is 88.6 Å². The molecule has 0 radical (unpaired) electrons. The van der Waals surface area contributed by atoms with E-state index >= 15 is 0 Å². The second kappa shape index (κ2) is 37.7. The van der Waals surface area contributed by atoms with Crippen LogP contribution in [0.5, 0.6) is 0 Å². The Labute approximate surface area is 655 Å². The smallest absolute Gasteiger partial charge is 0.340 e. The van der Waals surface area contributed by atoms with E-state index in [1.54, 1.807) is 24.8 Å². The Balaban J connectivity index is 0.000000131. The van der Waals surface area contributed by atoms with E-state index in [1.807, 2.05) is 102 Å². The van der Waals surface area contributed by atoms with E-state index in [1.165, 1.54) is 103 Å². The number of pyridine rings is 4. The first-order chi connectivity index (χ1) is 54.8. The fourth-order valence-corrected chi connectivity index (χ4v) is 17.9. The molecule has 0 bridgehead atoms. The van der Waals surface area contributed by atoms with Crippen molar-refractivity contribution in [1.29, 1.82) is 0 Å². The van der Waals surface area contributed by atoms with E-state index in [2.05, 4.69) is 123 Å². The van der Waals surface area contributed by atoms with E-state index < -0.39 is 0 Å². The molecule has 112 heavy (non-hydrogen) atoms. The molecule has 12 aromatic heterocycles. The molecule has 12 aromatic rings. The second-order valence-corrected chi connectivity index (χ2v) is 30.9. The molecule has 24 nitrogen and oxygen atoms in total. The fraction of sp³-hybridized carbons (Fsp3) is 0.500. The molecule has 24 heteroatoms. The van der Waals surface area contributed by atoms with Crippen LogP contribution < -0.4 is 0 Å². The Hall–Kier alpha value is -10.5. The van der Waals surface area contributed by atoms with Crippen molar-refractivity contribution in [3.8, 4) is 44.5 Å². The van der Waals surface area contributed by atoms with Gasteiger partial charge in [-0.05, 0) is 159 Å². The monoisotopic (exact) mass is 1520 g/mol. The third kappa shape index (κ3) is 17.7. The van der Waals surface area contributed by atoms with Crippen molar-refractivity contribution in [3.63, 3.8) is 0 Å². The van der Waals surface area contributed by atoms with Crippen LogP contribution in [0, 0.1) is 23.7 Å². The zero-order chi connectivity index (χ0) is 78.2. The summed E-state index contributed by atoms with van der Waals surface area (Å²) in [6, 6.07) is 9.47. The number of aromatic amines is 4. The molecule has 0 aliphatic heterocycles. The van der Waals surface area contributed by atoms with E-state index in [0.29, 0.717) is 89.9 Å². The van der Waals surface area contributed by atoms with Gasteiger partial charge in [-0.25, -0.2) is 39.1 Å². The number of rotatable bonds is 27. The molecular weight excluding hydrogens is 1410 g/mol. The molecule has 4 aliphatic rings. The van der Waals surface area contributed by atoms with Gasteiger partial charge >= 0.3 is 23.9 Å². The molecule has 4 fully saturated rings. The maximum absolute atomic E-state index is 12.8. The van der Waals surface area contributed by atoms with Gasteiger partial charge in [-0.1, -0.05) is 99.3 Å². The number of carbonyl (C=O) groups excluding carboxylic acids is 4. The highest BCUT2D eigenvalue weighted by atomic mass is 16.5. The molecule has 16 rings (SSSR count). The summed E-state index contributed by atoms with van der Waals surface area (Å²) in [6.45, 7) is 19.7. The van der Waals surface area contributed by atoms with Crippen LogP contribution in [-0.2, 0) is 18.9 Å².